The largest absolute Gasteiger partial charge is 0.411 e. The van der Waals surface area contributed by atoms with E-state index in [9.17, 15) is 9.59 Å². The van der Waals surface area contributed by atoms with Gasteiger partial charge in [0.15, 0.2) is 5.78 Å². The van der Waals surface area contributed by atoms with Crippen LogP contribution in [0, 0.1) is 0 Å². The molecule has 1 aromatic heterocycles. The topological polar surface area (TPSA) is 85.1 Å². The molecule has 6 nitrogen and oxygen atoms in total. The van der Waals surface area contributed by atoms with Gasteiger partial charge in [-0.15, -0.1) is 10.2 Å². The van der Waals surface area contributed by atoms with Crippen LogP contribution in [0.5, 0.6) is 0 Å². The lowest BCUT2D eigenvalue weighted by Gasteiger charge is -2.11. The van der Waals surface area contributed by atoms with Gasteiger partial charge >= 0.3 is 0 Å². The number of benzene rings is 3. The first-order valence-electron chi connectivity index (χ1n) is 9.41. The number of amides is 1. The first-order chi connectivity index (χ1) is 15.5. The number of hydrogen-bond donors (Lipinski definition) is 1. The molecule has 3 aromatic carbocycles. The first kappa shape index (κ1) is 22.1. The molecule has 160 valence electrons. The van der Waals surface area contributed by atoms with Crippen LogP contribution in [0.2, 0.25) is 10.0 Å². The number of ketones is 1. The molecule has 0 spiro atoms. The average Bonchev–Trinajstić information content (AvgIpc) is 3.28. The van der Waals surface area contributed by atoms with Gasteiger partial charge in [-0.2, -0.15) is 0 Å². The quantitative estimate of drug-likeness (QED) is 0.256. The van der Waals surface area contributed by atoms with Crippen LogP contribution in [-0.4, -0.2) is 27.6 Å². The Morgan fingerprint density at radius 3 is 2.38 bits per heavy atom. The highest BCUT2D eigenvalue weighted by Gasteiger charge is 2.17. The maximum atomic E-state index is 12.9. The molecule has 0 saturated heterocycles. The van der Waals surface area contributed by atoms with Crippen molar-refractivity contribution < 1.29 is 14.0 Å². The van der Waals surface area contributed by atoms with Gasteiger partial charge < -0.3 is 9.73 Å². The number of thioether (sulfide) groups is 1. The minimum atomic E-state index is -0.328. The van der Waals surface area contributed by atoms with Crippen LogP contribution in [0.25, 0.3) is 11.5 Å². The van der Waals surface area contributed by atoms with E-state index in [1.807, 2.05) is 6.07 Å². The summed E-state index contributed by atoms with van der Waals surface area (Å²) in [6, 6.07) is 20.5. The fourth-order valence-electron chi connectivity index (χ4n) is 2.85. The van der Waals surface area contributed by atoms with E-state index in [0.717, 1.165) is 17.3 Å². The molecule has 0 atom stereocenters. The number of carbonyl (C=O) groups is 2. The van der Waals surface area contributed by atoms with Gasteiger partial charge in [0.05, 0.1) is 11.4 Å². The molecule has 0 fully saturated rings. The van der Waals surface area contributed by atoms with Crippen molar-refractivity contribution in [1.82, 2.24) is 10.2 Å². The lowest BCUT2D eigenvalue weighted by atomic mass is 10.0. The Hall–Kier alpha value is -3.13. The van der Waals surface area contributed by atoms with Crippen LogP contribution in [0.4, 0.5) is 5.69 Å². The fraction of sp³-hybridized carbons (Fsp3) is 0.0435. The monoisotopic (exact) mass is 483 g/mol. The molecule has 0 unspecified atom stereocenters. The summed E-state index contributed by atoms with van der Waals surface area (Å²) < 4.78 is 5.59. The minimum absolute atomic E-state index is 0.0177. The molecule has 1 N–H and O–H groups in total. The van der Waals surface area contributed by atoms with Crippen molar-refractivity contribution in [3.63, 3.8) is 0 Å². The van der Waals surface area contributed by atoms with E-state index in [2.05, 4.69) is 15.5 Å². The number of nitrogens with zero attached hydrogens (tertiary/aromatic N) is 2. The van der Waals surface area contributed by atoms with Gasteiger partial charge in [-0.3, -0.25) is 9.59 Å². The number of hydrogen-bond acceptors (Lipinski definition) is 6. The lowest BCUT2D eigenvalue weighted by Crippen LogP contribution is -2.17. The van der Waals surface area contributed by atoms with Crippen LogP contribution in [0.15, 0.2) is 82.4 Å². The van der Waals surface area contributed by atoms with Crippen molar-refractivity contribution in [1.29, 1.82) is 0 Å². The fourth-order valence-corrected chi connectivity index (χ4v) is 3.71. The highest BCUT2D eigenvalue weighted by Crippen LogP contribution is 2.26. The van der Waals surface area contributed by atoms with Gasteiger partial charge in [0, 0.05) is 26.7 Å². The predicted octanol–water partition coefficient (Wildman–Crippen LogP) is 6.01. The summed E-state index contributed by atoms with van der Waals surface area (Å²) in [6.07, 6.45) is 0. The summed E-state index contributed by atoms with van der Waals surface area (Å²) in [4.78, 5) is 25.4. The van der Waals surface area contributed by atoms with Crippen molar-refractivity contribution in [3.05, 3.63) is 94.0 Å². The van der Waals surface area contributed by atoms with E-state index >= 15 is 0 Å². The Labute approximate surface area is 198 Å². The van der Waals surface area contributed by atoms with Gasteiger partial charge in [-0.05, 0) is 42.5 Å². The molecule has 0 saturated carbocycles. The standard InChI is InChI=1S/C23H15Cl2N3O3S/c24-16-8-6-15(7-9-16)22-27-28-23(31-22)32-13-20(29)26-19-11-10-17(25)12-18(19)21(30)14-4-2-1-3-5-14/h1-12H,13H2,(H,26,29). The SMILES string of the molecule is O=C(CSc1nnc(-c2ccc(Cl)cc2)o1)Nc1ccc(Cl)cc1C(=O)c1ccccc1. The zero-order valence-corrected chi connectivity index (χ0v) is 18.7. The van der Waals surface area contributed by atoms with Crippen LogP contribution >= 0.6 is 35.0 Å². The van der Waals surface area contributed by atoms with Crippen molar-refractivity contribution in [3.8, 4) is 11.5 Å². The molecule has 0 bridgehead atoms. The molecule has 0 aliphatic rings. The summed E-state index contributed by atoms with van der Waals surface area (Å²) in [5.41, 5.74) is 1.91. The summed E-state index contributed by atoms with van der Waals surface area (Å²) >= 11 is 13.1. The summed E-state index contributed by atoms with van der Waals surface area (Å²) in [6.45, 7) is 0. The Kier molecular flexibility index (Phi) is 6.90. The number of rotatable bonds is 7. The maximum absolute atomic E-state index is 12.9. The lowest BCUT2D eigenvalue weighted by molar-refractivity contribution is -0.113. The van der Waals surface area contributed by atoms with E-state index in [1.165, 1.54) is 6.07 Å². The molecular formula is C23H15Cl2N3O3S. The zero-order valence-electron chi connectivity index (χ0n) is 16.4. The third-order valence-corrected chi connectivity index (χ3v) is 5.67. The van der Waals surface area contributed by atoms with Gasteiger partial charge in [-0.25, -0.2) is 0 Å². The molecule has 0 aliphatic heterocycles. The second kappa shape index (κ2) is 9.99. The summed E-state index contributed by atoms with van der Waals surface area (Å²) in [5, 5.41) is 12.0. The Morgan fingerprint density at radius 2 is 1.62 bits per heavy atom. The molecule has 0 radical (unpaired) electrons. The first-order valence-corrected chi connectivity index (χ1v) is 11.1. The summed E-state index contributed by atoms with van der Waals surface area (Å²) in [5.74, 6) is -0.214. The van der Waals surface area contributed by atoms with E-state index in [0.29, 0.717) is 32.8 Å². The Balaban J connectivity index is 1.43. The number of nitrogens with one attached hydrogen (secondary N) is 1. The minimum Gasteiger partial charge on any atom is -0.411 e. The van der Waals surface area contributed by atoms with Crippen molar-refractivity contribution in [2.45, 2.75) is 5.22 Å². The van der Waals surface area contributed by atoms with Gasteiger partial charge in [0.25, 0.3) is 5.22 Å². The van der Waals surface area contributed by atoms with E-state index < -0.39 is 0 Å². The van der Waals surface area contributed by atoms with Crippen LogP contribution in [-0.2, 0) is 4.79 Å². The molecule has 9 heteroatoms. The number of carbonyl (C=O) groups excluding carboxylic acids is 2. The van der Waals surface area contributed by atoms with E-state index in [1.54, 1.807) is 60.7 Å². The van der Waals surface area contributed by atoms with Gasteiger partial charge in [0.1, 0.15) is 0 Å². The normalized spacial score (nSPS) is 10.7. The predicted molar refractivity (Wildman–Crippen MR) is 125 cm³/mol. The second-order valence-corrected chi connectivity index (χ2v) is 8.40. The van der Waals surface area contributed by atoms with Crippen LogP contribution in [0.1, 0.15) is 15.9 Å². The molecule has 1 heterocycles. The second-order valence-electron chi connectivity index (χ2n) is 6.60. The molecule has 0 aliphatic carbocycles. The van der Waals surface area contributed by atoms with Crippen molar-refractivity contribution in [2.24, 2.45) is 0 Å². The Bertz CT molecular complexity index is 1260. The molecular weight excluding hydrogens is 469 g/mol. The zero-order chi connectivity index (χ0) is 22.5. The molecule has 32 heavy (non-hydrogen) atoms. The van der Waals surface area contributed by atoms with Gasteiger partial charge in [-0.1, -0.05) is 65.3 Å². The maximum Gasteiger partial charge on any atom is 0.277 e. The molecule has 4 rings (SSSR count). The third-order valence-electron chi connectivity index (χ3n) is 4.36. The number of anilines is 1. The average molecular weight is 484 g/mol. The number of halogens is 2. The Morgan fingerprint density at radius 1 is 0.906 bits per heavy atom. The smallest absolute Gasteiger partial charge is 0.277 e. The van der Waals surface area contributed by atoms with E-state index in [-0.39, 0.29) is 22.7 Å². The number of aromatic nitrogens is 2. The summed E-state index contributed by atoms with van der Waals surface area (Å²) in [7, 11) is 0. The molecule has 4 aromatic rings. The highest BCUT2D eigenvalue weighted by molar-refractivity contribution is 7.99. The van der Waals surface area contributed by atoms with Crippen LogP contribution in [0.3, 0.4) is 0 Å². The highest BCUT2D eigenvalue weighted by atomic mass is 35.5. The van der Waals surface area contributed by atoms with E-state index in [4.69, 9.17) is 27.6 Å². The van der Waals surface area contributed by atoms with Gasteiger partial charge in [0.2, 0.25) is 11.8 Å². The van der Waals surface area contributed by atoms with Crippen molar-refractivity contribution >= 4 is 52.3 Å². The molecule has 1 amide bonds. The van der Waals surface area contributed by atoms with Crippen molar-refractivity contribution in [2.75, 3.05) is 11.1 Å². The van der Waals surface area contributed by atoms with Crippen LogP contribution < -0.4 is 5.32 Å². The third kappa shape index (κ3) is 5.37.